The van der Waals surface area contributed by atoms with Crippen LogP contribution in [-0.4, -0.2) is 45.7 Å². The van der Waals surface area contributed by atoms with Crippen LogP contribution in [0.5, 0.6) is 11.5 Å². The summed E-state index contributed by atoms with van der Waals surface area (Å²) in [6, 6.07) is 17.3. The van der Waals surface area contributed by atoms with Gasteiger partial charge in [-0.2, -0.15) is 0 Å². The molecule has 0 fully saturated rings. The summed E-state index contributed by atoms with van der Waals surface area (Å²) in [5.41, 5.74) is 6.15. The summed E-state index contributed by atoms with van der Waals surface area (Å²) in [4.78, 5) is 35.2. The Kier molecular flexibility index (Phi) is 10.4. The minimum absolute atomic E-state index is 0.156. The molecule has 4 rings (SSSR count). The molecule has 0 amide bonds. The van der Waals surface area contributed by atoms with Crippen molar-refractivity contribution in [2.45, 2.75) is 53.0 Å². The van der Waals surface area contributed by atoms with Gasteiger partial charge in [0.2, 0.25) is 0 Å². The number of nitrogens with zero attached hydrogens (tertiary/aromatic N) is 1. The Morgan fingerprint density at radius 1 is 0.791 bits per heavy atom. The standard InChI is InChI=1S/C35H37NO7/c1-23-9-10-24(2)35(25(23)3)43-20-5-4-19-42-28-15-12-26(13-16-28)11-14-27-7-6-8-29-30(31(37)17-18-32(38)39)21-36(34(27)29)22-33(40)41/h6-16,21H,4-5,17-20,22H2,1-3H3,(H,38,39)(H,40,41)/b14-11+. The van der Waals surface area contributed by atoms with Gasteiger partial charge in [-0.3, -0.25) is 14.4 Å². The molecule has 0 atom stereocenters. The number of Topliss-reactive ketones (excluding diaryl/α,β-unsaturated/α-hetero) is 1. The molecule has 0 saturated carbocycles. The number of aromatic nitrogens is 1. The number of benzene rings is 3. The van der Waals surface area contributed by atoms with Crippen LogP contribution in [0.15, 0.2) is 60.8 Å². The number of ketones is 1. The molecule has 3 aromatic carbocycles. The molecule has 0 bridgehead atoms. The lowest BCUT2D eigenvalue weighted by atomic mass is 10.0. The van der Waals surface area contributed by atoms with Crippen LogP contribution in [0.4, 0.5) is 0 Å². The molecular weight excluding hydrogens is 546 g/mol. The van der Waals surface area contributed by atoms with Crippen molar-refractivity contribution in [1.82, 2.24) is 4.57 Å². The lowest BCUT2D eigenvalue weighted by Crippen LogP contribution is -2.08. The number of hydrogen-bond donors (Lipinski definition) is 2. The molecule has 0 saturated heterocycles. The second-order valence-corrected chi connectivity index (χ2v) is 10.6. The molecule has 0 aliphatic rings. The molecule has 0 aliphatic heterocycles. The molecule has 8 heteroatoms. The van der Waals surface area contributed by atoms with E-state index in [0.29, 0.717) is 29.7 Å². The molecule has 0 aliphatic carbocycles. The molecule has 1 aromatic heterocycles. The number of carbonyl (C=O) groups excluding carboxylic acids is 1. The summed E-state index contributed by atoms with van der Waals surface area (Å²) < 4.78 is 13.5. The summed E-state index contributed by atoms with van der Waals surface area (Å²) in [7, 11) is 0. The fraction of sp³-hybridized carbons (Fsp3) is 0.286. The summed E-state index contributed by atoms with van der Waals surface area (Å²) in [5, 5.41) is 19.0. The van der Waals surface area contributed by atoms with Crippen molar-refractivity contribution >= 4 is 40.8 Å². The molecule has 0 radical (unpaired) electrons. The zero-order valence-electron chi connectivity index (χ0n) is 24.8. The smallest absolute Gasteiger partial charge is 0.323 e. The first-order valence-electron chi connectivity index (χ1n) is 14.3. The lowest BCUT2D eigenvalue weighted by Gasteiger charge is -2.14. The molecule has 224 valence electrons. The van der Waals surface area contributed by atoms with Crippen LogP contribution in [-0.2, 0) is 16.1 Å². The van der Waals surface area contributed by atoms with E-state index in [9.17, 15) is 19.5 Å². The van der Waals surface area contributed by atoms with Crippen molar-refractivity contribution in [2.24, 2.45) is 0 Å². The van der Waals surface area contributed by atoms with Crippen molar-refractivity contribution < 1.29 is 34.1 Å². The second kappa shape index (κ2) is 14.4. The molecule has 0 unspecified atom stereocenters. The Hall–Kier alpha value is -4.85. The summed E-state index contributed by atoms with van der Waals surface area (Å²) in [6.07, 6.45) is 6.60. The van der Waals surface area contributed by atoms with Crippen LogP contribution < -0.4 is 9.47 Å². The average Bonchev–Trinajstić information content (AvgIpc) is 3.35. The molecule has 1 heterocycles. The number of carboxylic acid groups (broad SMARTS) is 2. The van der Waals surface area contributed by atoms with Gasteiger partial charge >= 0.3 is 11.9 Å². The highest BCUT2D eigenvalue weighted by atomic mass is 16.5. The highest BCUT2D eigenvalue weighted by Crippen LogP contribution is 2.28. The van der Waals surface area contributed by atoms with E-state index in [-0.39, 0.29) is 25.2 Å². The maximum absolute atomic E-state index is 12.7. The van der Waals surface area contributed by atoms with Gasteiger partial charge < -0.3 is 24.3 Å². The van der Waals surface area contributed by atoms with Crippen LogP contribution in [0.25, 0.3) is 23.1 Å². The van der Waals surface area contributed by atoms with E-state index in [1.807, 2.05) is 42.5 Å². The molecule has 2 N–H and O–H groups in total. The largest absolute Gasteiger partial charge is 0.494 e. The highest BCUT2D eigenvalue weighted by Gasteiger charge is 2.18. The third-order valence-electron chi connectivity index (χ3n) is 7.36. The first kappa shape index (κ1) is 31.1. The van der Waals surface area contributed by atoms with Crippen LogP contribution in [0.1, 0.15) is 63.9 Å². The Morgan fingerprint density at radius 2 is 1.49 bits per heavy atom. The van der Waals surface area contributed by atoms with Gasteiger partial charge in [0.25, 0.3) is 0 Å². The van der Waals surface area contributed by atoms with Crippen molar-refractivity contribution in [3.05, 3.63) is 94.2 Å². The zero-order valence-corrected chi connectivity index (χ0v) is 24.8. The number of ether oxygens (including phenoxy) is 2. The van der Waals surface area contributed by atoms with Crippen molar-refractivity contribution in [3.8, 4) is 11.5 Å². The maximum atomic E-state index is 12.7. The third-order valence-corrected chi connectivity index (χ3v) is 7.36. The monoisotopic (exact) mass is 583 g/mol. The van der Waals surface area contributed by atoms with Gasteiger partial charge in [0, 0.05) is 23.6 Å². The molecule has 43 heavy (non-hydrogen) atoms. The molecular formula is C35H37NO7. The first-order valence-corrected chi connectivity index (χ1v) is 14.3. The van der Waals surface area contributed by atoms with Crippen molar-refractivity contribution in [2.75, 3.05) is 13.2 Å². The topological polar surface area (TPSA) is 115 Å². The van der Waals surface area contributed by atoms with Crippen molar-refractivity contribution in [1.29, 1.82) is 0 Å². The zero-order chi connectivity index (χ0) is 30.9. The number of rotatable bonds is 15. The summed E-state index contributed by atoms with van der Waals surface area (Å²) >= 11 is 0. The summed E-state index contributed by atoms with van der Waals surface area (Å²) in [6.45, 7) is 7.14. The molecule has 0 spiro atoms. The Balaban J connectivity index is 1.37. The van der Waals surface area contributed by atoms with Crippen LogP contribution in [0, 0.1) is 20.8 Å². The van der Waals surface area contributed by atoms with Gasteiger partial charge in [-0.15, -0.1) is 0 Å². The minimum atomic E-state index is -1.06. The predicted octanol–water partition coefficient (Wildman–Crippen LogP) is 7.11. The van der Waals surface area contributed by atoms with E-state index >= 15 is 0 Å². The fourth-order valence-corrected chi connectivity index (χ4v) is 4.95. The quantitative estimate of drug-likeness (QED) is 0.0871. The highest BCUT2D eigenvalue weighted by molar-refractivity contribution is 6.10. The van der Waals surface area contributed by atoms with Gasteiger partial charge in [-0.1, -0.05) is 54.6 Å². The van der Waals surface area contributed by atoms with E-state index < -0.39 is 11.9 Å². The number of carbonyl (C=O) groups is 3. The SMILES string of the molecule is Cc1ccc(C)c(OCCCCOc2ccc(/C=C/c3cccc4c(C(=O)CCC(=O)O)cn(CC(=O)O)c34)cc2)c1C. The third kappa shape index (κ3) is 8.13. The predicted molar refractivity (Wildman–Crippen MR) is 167 cm³/mol. The molecule has 4 aromatic rings. The van der Waals surface area contributed by atoms with E-state index in [1.165, 1.54) is 21.9 Å². The average molecular weight is 584 g/mol. The second-order valence-electron chi connectivity index (χ2n) is 10.6. The van der Waals surface area contributed by atoms with Gasteiger partial charge in [-0.05, 0) is 73.6 Å². The minimum Gasteiger partial charge on any atom is -0.494 e. The summed E-state index contributed by atoms with van der Waals surface area (Å²) in [5.74, 6) is -0.695. The van der Waals surface area contributed by atoms with E-state index in [2.05, 4.69) is 32.9 Å². The molecule has 8 nitrogen and oxygen atoms in total. The van der Waals surface area contributed by atoms with Crippen molar-refractivity contribution in [3.63, 3.8) is 0 Å². The number of aliphatic carboxylic acids is 2. The van der Waals surface area contributed by atoms with E-state index in [4.69, 9.17) is 14.6 Å². The van der Waals surface area contributed by atoms with Crippen LogP contribution in [0.2, 0.25) is 0 Å². The Labute approximate surface area is 251 Å². The normalized spacial score (nSPS) is 11.2. The van der Waals surface area contributed by atoms with Gasteiger partial charge in [-0.25, -0.2) is 0 Å². The lowest BCUT2D eigenvalue weighted by molar-refractivity contribution is -0.138. The first-order chi connectivity index (χ1) is 20.6. The van der Waals surface area contributed by atoms with Crippen LogP contribution in [0.3, 0.4) is 0 Å². The number of unbranched alkanes of at least 4 members (excludes halogenated alkanes) is 1. The number of carboxylic acids is 2. The van der Waals surface area contributed by atoms with E-state index in [1.54, 1.807) is 12.1 Å². The fourth-order valence-electron chi connectivity index (χ4n) is 4.95. The number of aryl methyl sites for hydroxylation is 2. The number of hydrogen-bond acceptors (Lipinski definition) is 5. The number of fused-ring (bicyclic) bond motifs is 1. The number of para-hydroxylation sites is 1. The Morgan fingerprint density at radius 3 is 2.19 bits per heavy atom. The van der Waals surface area contributed by atoms with Gasteiger partial charge in [0.05, 0.1) is 25.2 Å². The van der Waals surface area contributed by atoms with Gasteiger partial charge in [0.1, 0.15) is 18.0 Å². The maximum Gasteiger partial charge on any atom is 0.323 e. The van der Waals surface area contributed by atoms with Gasteiger partial charge in [0.15, 0.2) is 5.78 Å². The van der Waals surface area contributed by atoms with E-state index in [0.717, 1.165) is 41.0 Å². The Bertz CT molecular complexity index is 1650. The van der Waals surface area contributed by atoms with Crippen LogP contribution >= 0.6 is 0 Å².